The number of fused-ring (bicyclic) bond motifs is 1. The van der Waals surface area contributed by atoms with E-state index in [1.54, 1.807) is 29.0 Å². The lowest BCUT2D eigenvalue weighted by Crippen LogP contribution is -2.11. The highest BCUT2D eigenvalue weighted by atomic mass is 32.2. The van der Waals surface area contributed by atoms with Crippen LogP contribution in [-0.2, 0) is 21.2 Å². The second-order valence-corrected chi connectivity index (χ2v) is 9.30. The van der Waals surface area contributed by atoms with Gasteiger partial charge in [0.05, 0.1) is 28.6 Å². The van der Waals surface area contributed by atoms with Crippen molar-refractivity contribution in [2.75, 3.05) is 0 Å². The SMILES string of the molecule is CC(C)Oc1ccc(S(=O)(=O)n2ccc(-n3cc(CC(=O)O)c4ccccc43)c2)cc1. The minimum Gasteiger partial charge on any atom is -0.491 e. The van der Waals surface area contributed by atoms with Crippen molar-refractivity contribution in [1.82, 2.24) is 8.54 Å². The molecule has 2 heterocycles. The maximum absolute atomic E-state index is 13.1. The quantitative estimate of drug-likeness (QED) is 0.469. The largest absolute Gasteiger partial charge is 0.491 e. The molecule has 4 rings (SSSR count). The van der Waals surface area contributed by atoms with Crippen molar-refractivity contribution < 1.29 is 23.1 Å². The minimum absolute atomic E-state index is 0.00289. The summed E-state index contributed by atoms with van der Waals surface area (Å²) in [5.41, 5.74) is 2.10. The highest BCUT2D eigenvalue weighted by molar-refractivity contribution is 7.90. The highest BCUT2D eigenvalue weighted by Gasteiger charge is 2.19. The van der Waals surface area contributed by atoms with Gasteiger partial charge in [0.1, 0.15) is 5.75 Å². The molecule has 8 heteroatoms. The van der Waals surface area contributed by atoms with E-state index >= 15 is 0 Å². The van der Waals surface area contributed by atoms with Gasteiger partial charge in [-0.3, -0.25) is 4.79 Å². The lowest BCUT2D eigenvalue weighted by atomic mass is 10.1. The summed E-state index contributed by atoms with van der Waals surface area (Å²) in [4.78, 5) is 11.4. The summed E-state index contributed by atoms with van der Waals surface area (Å²) in [6.45, 7) is 3.80. The van der Waals surface area contributed by atoms with Crippen molar-refractivity contribution in [3.8, 4) is 11.4 Å². The maximum atomic E-state index is 13.1. The Balaban J connectivity index is 1.70. The minimum atomic E-state index is -3.78. The van der Waals surface area contributed by atoms with E-state index in [1.807, 2.05) is 38.1 Å². The summed E-state index contributed by atoms with van der Waals surface area (Å²) in [5.74, 6) is -0.320. The Morgan fingerprint density at radius 1 is 1.03 bits per heavy atom. The number of benzene rings is 2. The van der Waals surface area contributed by atoms with Crippen LogP contribution in [0.1, 0.15) is 19.4 Å². The van der Waals surface area contributed by atoms with E-state index in [-0.39, 0.29) is 17.4 Å². The third-order valence-electron chi connectivity index (χ3n) is 4.84. The number of carbonyl (C=O) groups is 1. The topological polar surface area (TPSA) is 90.5 Å². The zero-order chi connectivity index (χ0) is 22.2. The molecular formula is C23H22N2O5S. The molecule has 0 aliphatic rings. The van der Waals surface area contributed by atoms with Crippen molar-refractivity contribution >= 4 is 26.9 Å². The number of ether oxygens (including phenoxy) is 1. The molecule has 0 atom stereocenters. The van der Waals surface area contributed by atoms with E-state index < -0.39 is 16.0 Å². The van der Waals surface area contributed by atoms with Crippen LogP contribution in [0.5, 0.6) is 5.75 Å². The molecular weight excluding hydrogens is 416 g/mol. The van der Waals surface area contributed by atoms with Crippen LogP contribution in [0.4, 0.5) is 0 Å². The second kappa shape index (κ2) is 7.96. The molecule has 0 aliphatic heterocycles. The van der Waals surface area contributed by atoms with Gasteiger partial charge in [-0.05, 0) is 55.8 Å². The van der Waals surface area contributed by atoms with Gasteiger partial charge in [-0.2, -0.15) is 0 Å². The van der Waals surface area contributed by atoms with E-state index in [9.17, 15) is 18.3 Å². The van der Waals surface area contributed by atoms with Crippen LogP contribution in [0, 0.1) is 0 Å². The van der Waals surface area contributed by atoms with Crippen molar-refractivity contribution in [2.45, 2.75) is 31.3 Å². The molecule has 0 unspecified atom stereocenters. The van der Waals surface area contributed by atoms with Crippen LogP contribution < -0.4 is 4.74 Å². The lowest BCUT2D eigenvalue weighted by Gasteiger charge is -2.10. The summed E-state index contributed by atoms with van der Waals surface area (Å²) in [6, 6.07) is 15.4. The van der Waals surface area contributed by atoms with Crippen molar-refractivity contribution in [3.05, 3.63) is 78.8 Å². The molecule has 0 fully saturated rings. The average Bonchev–Trinajstić information content (AvgIpc) is 3.34. The fraction of sp³-hybridized carbons (Fsp3) is 0.174. The number of rotatable bonds is 7. The Labute approximate surface area is 180 Å². The third kappa shape index (κ3) is 4.06. The first-order valence-corrected chi connectivity index (χ1v) is 11.2. The van der Waals surface area contributed by atoms with Gasteiger partial charge in [0.25, 0.3) is 10.0 Å². The monoisotopic (exact) mass is 438 g/mol. The number of hydrogen-bond donors (Lipinski definition) is 1. The zero-order valence-electron chi connectivity index (χ0n) is 17.1. The fourth-order valence-electron chi connectivity index (χ4n) is 3.51. The smallest absolute Gasteiger partial charge is 0.307 e. The van der Waals surface area contributed by atoms with Crippen LogP contribution in [0.25, 0.3) is 16.6 Å². The number of nitrogens with zero attached hydrogens (tertiary/aromatic N) is 2. The predicted molar refractivity (Wildman–Crippen MR) is 117 cm³/mol. The Morgan fingerprint density at radius 3 is 2.42 bits per heavy atom. The number of aromatic nitrogens is 2. The Hall–Kier alpha value is -3.52. The highest BCUT2D eigenvalue weighted by Crippen LogP contribution is 2.27. The van der Waals surface area contributed by atoms with Gasteiger partial charge in [-0.15, -0.1) is 0 Å². The fourth-order valence-corrected chi connectivity index (χ4v) is 4.70. The lowest BCUT2D eigenvalue weighted by molar-refractivity contribution is -0.136. The molecule has 0 saturated carbocycles. The van der Waals surface area contributed by atoms with E-state index in [1.165, 1.54) is 24.5 Å². The van der Waals surface area contributed by atoms with Crippen LogP contribution in [0.2, 0.25) is 0 Å². The van der Waals surface area contributed by atoms with Gasteiger partial charge in [0, 0.05) is 24.0 Å². The molecule has 0 spiro atoms. The molecule has 0 bridgehead atoms. The molecule has 0 amide bonds. The molecule has 4 aromatic rings. The van der Waals surface area contributed by atoms with Crippen molar-refractivity contribution in [1.29, 1.82) is 0 Å². The van der Waals surface area contributed by atoms with Gasteiger partial charge in [-0.25, -0.2) is 12.4 Å². The van der Waals surface area contributed by atoms with E-state index in [2.05, 4.69) is 0 Å². The van der Waals surface area contributed by atoms with E-state index in [0.29, 0.717) is 17.0 Å². The summed E-state index contributed by atoms with van der Waals surface area (Å²) < 4.78 is 34.7. The molecule has 160 valence electrons. The van der Waals surface area contributed by atoms with Gasteiger partial charge in [0.2, 0.25) is 0 Å². The second-order valence-electron chi connectivity index (χ2n) is 7.45. The number of para-hydroxylation sites is 1. The first-order valence-electron chi connectivity index (χ1n) is 9.77. The summed E-state index contributed by atoms with van der Waals surface area (Å²) in [7, 11) is -3.78. The zero-order valence-corrected chi connectivity index (χ0v) is 17.9. The van der Waals surface area contributed by atoms with Gasteiger partial charge in [0.15, 0.2) is 0 Å². The molecule has 0 saturated heterocycles. The Morgan fingerprint density at radius 2 is 1.74 bits per heavy atom. The number of aliphatic carboxylic acids is 1. The van der Waals surface area contributed by atoms with Crippen LogP contribution in [0.3, 0.4) is 0 Å². The van der Waals surface area contributed by atoms with Crippen molar-refractivity contribution in [3.63, 3.8) is 0 Å². The first kappa shape index (κ1) is 20.7. The molecule has 7 nitrogen and oxygen atoms in total. The number of carboxylic acid groups (broad SMARTS) is 1. The molecule has 1 N–H and O–H groups in total. The Kier molecular flexibility index (Phi) is 5.32. The molecule has 0 aliphatic carbocycles. The predicted octanol–water partition coefficient (Wildman–Crippen LogP) is 4.08. The maximum Gasteiger partial charge on any atom is 0.307 e. The summed E-state index contributed by atoms with van der Waals surface area (Å²) >= 11 is 0. The number of carboxylic acids is 1. The molecule has 2 aromatic heterocycles. The van der Waals surface area contributed by atoms with Gasteiger partial charge >= 0.3 is 5.97 Å². The van der Waals surface area contributed by atoms with E-state index in [0.717, 1.165) is 14.9 Å². The number of hydrogen-bond acceptors (Lipinski definition) is 4. The van der Waals surface area contributed by atoms with Crippen molar-refractivity contribution in [2.24, 2.45) is 0 Å². The standard InChI is InChI=1S/C23H22N2O5S/c1-16(2)30-19-7-9-20(10-8-19)31(28,29)24-12-11-18(15-24)25-14-17(13-23(26)27)21-5-3-4-6-22(21)25/h3-12,14-16H,13H2,1-2H3,(H,26,27). The Bertz CT molecular complexity index is 1350. The normalized spacial score (nSPS) is 11.8. The van der Waals surface area contributed by atoms with Crippen LogP contribution >= 0.6 is 0 Å². The average molecular weight is 439 g/mol. The van der Waals surface area contributed by atoms with Gasteiger partial charge in [-0.1, -0.05) is 18.2 Å². The summed E-state index contributed by atoms with van der Waals surface area (Å²) in [5, 5.41) is 10.0. The molecule has 2 aromatic carbocycles. The molecule has 31 heavy (non-hydrogen) atoms. The third-order valence-corrected chi connectivity index (χ3v) is 6.49. The van der Waals surface area contributed by atoms with Gasteiger partial charge < -0.3 is 14.4 Å². The van der Waals surface area contributed by atoms with Crippen LogP contribution in [-0.4, -0.2) is 34.1 Å². The first-order chi connectivity index (χ1) is 14.8. The van der Waals surface area contributed by atoms with E-state index in [4.69, 9.17) is 4.74 Å². The summed E-state index contributed by atoms with van der Waals surface area (Å²) in [6.07, 6.45) is 4.62. The van der Waals surface area contributed by atoms with Crippen LogP contribution in [0.15, 0.2) is 78.1 Å². The molecule has 0 radical (unpaired) electrons.